The van der Waals surface area contributed by atoms with Crippen molar-refractivity contribution >= 4 is 17.5 Å². The van der Waals surface area contributed by atoms with Gasteiger partial charge in [0.2, 0.25) is 0 Å². The van der Waals surface area contributed by atoms with Gasteiger partial charge in [-0.05, 0) is 36.2 Å². The molecule has 0 spiro atoms. The summed E-state index contributed by atoms with van der Waals surface area (Å²) in [6, 6.07) is 7.22. The van der Waals surface area contributed by atoms with E-state index >= 15 is 0 Å². The van der Waals surface area contributed by atoms with Crippen LogP contribution in [0.5, 0.6) is 0 Å². The van der Waals surface area contributed by atoms with Gasteiger partial charge in [-0.15, -0.1) is 0 Å². The number of hydrogen-bond donors (Lipinski definition) is 2. The predicted molar refractivity (Wildman–Crippen MR) is 68.2 cm³/mol. The van der Waals surface area contributed by atoms with Gasteiger partial charge in [-0.3, -0.25) is 4.79 Å². The third-order valence-corrected chi connectivity index (χ3v) is 2.96. The molecule has 0 saturated heterocycles. The summed E-state index contributed by atoms with van der Waals surface area (Å²) in [6.45, 7) is 2.41. The summed E-state index contributed by atoms with van der Waals surface area (Å²) in [5.41, 5.74) is 2.58. The number of benzene rings is 1. The van der Waals surface area contributed by atoms with Crippen LogP contribution in [-0.2, 0) is 6.54 Å². The zero-order chi connectivity index (χ0) is 12.3. The van der Waals surface area contributed by atoms with Crippen molar-refractivity contribution in [3.8, 4) is 0 Å². The quantitative estimate of drug-likeness (QED) is 0.862. The second kappa shape index (κ2) is 5.06. The second-order valence-electron chi connectivity index (χ2n) is 3.87. The fourth-order valence-corrected chi connectivity index (χ4v) is 1.67. The summed E-state index contributed by atoms with van der Waals surface area (Å²) in [5, 5.41) is 3.44. The zero-order valence-electron chi connectivity index (χ0n) is 9.46. The van der Waals surface area contributed by atoms with E-state index in [4.69, 9.17) is 11.6 Å². The van der Waals surface area contributed by atoms with E-state index in [1.807, 2.05) is 31.5 Å². The van der Waals surface area contributed by atoms with Crippen molar-refractivity contribution in [3.63, 3.8) is 0 Å². The monoisotopic (exact) mass is 248 g/mol. The highest BCUT2D eigenvalue weighted by atomic mass is 35.5. The topological polar surface area (TPSA) is 44.9 Å². The molecule has 0 fully saturated rings. The molecule has 0 saturated carbocycles. The first-order valence-corrected chi connectivity index (χ1v) is 5.70. The Morgan fingerprint density at radius 2 is 2.24 bits per heavy atom. The van der Waals surface area contributed by atoms with Crippen LogP contribution in [0, 0.1) is 6.92 Å². The van der Waals surface area contributed by atoms with Crippen LogP contribution in [0.2, 0.25) is 5.02 Å². The number of halogens is 1. The normalized spacial score (nSPS) is 10.2. The van der Waals surface area contributed by atoms with E-state index in [1.54, 1.807) is 12.1 Å². The standard InChI is InChI=1S/C13H13ClN2O/c1-9-2-3-11(6-12(9)14)13(17)16-8-10-4-5-15-7-10/h2-7,15H,8H2,1H3,(H,16,17). The molecule has 1 aromatic carbocycles. The third-order valence-electron chi connectivity index (χ3n) is 2.55. The number of rotatable bonds is 3. The Balaban J connectivity index is 2.02. The molecule has 0 unspecified atom stereocenters. The molecule has 0 bridgehead atoms. The molecule has 3 nitrogen and oxygen atoms in total. The average molecular weight is 249 g/mol. The SMILES string of the molecule is Cc1ccc(C(=O)NCc2cc[nH]c2)cc1Cl. The molecule has 0 aliphatic carbocycles. The van der Waals surface area contributed by atoms with Crippen molar-refractivity contribution < 1.29 is 4.79 Å². The molecule has 1 aromatic heterocycles. The summed E-state index contributed by atoms with van der Waals surface area (Å²) < 4.78 is 0. The highest BCUT2D eigenvalue weighted by Gasteiger charge is 2.06. The lowest BCUT2D eigenvalue weighted by atomic mass is 10.1. The Hall–Kier alpha value is -1.74. The minimum Gasteiger partial charge on any atom is -0.367 e. The Bertz CT molecular complexity index is 520. The van der Waals surface area contributed by atoms with Crippen LogP contribution >= 0.6 is 11.6 Å². The van der Waals surface area contributed by atoms with Crippen molar-refractivity contribution in [2.24, 2.45) is 0 Å². The van der Waals surface area contributed by atoms with Gasteiger partial charge in [0.05, 0.1) is 0 Å². The number of carbonyl (C=O) groups is 1. The molecule has 2 N–H and O–H groups in total. The van der Waals surface area contributed by atoms with Crippen LogP contribution in [-0.4, -0.2) is 10.9 Å². The number of carbonyl (C=O) groups excluding carboxylic acids is 1. The maximum Gasteiger partial charge on any atom is 0.251 e. The second-order valence-corrected chi connectivity index (χ2v) is 4.27. The van der Waals surface area contributed by atoms with Crippen LogP contribution < -0.4 is 5.32 Å². The molecule has 2 rings (SSSR count). The van der Waals surface area contributed by atoms with Crippen LogP contribution in [0.1, 0.15) is 21.5 Å². The van der Waals surface area contributed by atoms with E-state index in [2.05, 4.69) is 10.3 Å². The van der Waals surface area contributed by atoms with Gasteiger partial charge in [0, 0.05) is 29.5 Å². The first kappa shape index (κ1) is 11.7. The maximum atomic E-state index is 11.8. The lowest BCUT2D eigenvalue weighted by Gasteiger charge is -2.05. The highest BCUT2D eigenvalue weighted by molar-refractivity contribution is 6.31. The number of H-pyrrole nitrogens is 1. The van der Waals surface area contributed by atoms with Gasteiger partial charge in [-0.25, -0.2) is 0 Å². The number of hydrogen-bond acceptors (Lipinski definition) is 1. The van der Waals surface area contributed by atoms with Gasteiger partial charge in [-0.1, -0.05) is 17.7 Å². The Kier molecular flexibility index (Phi) is 3.49. The van der Waals surface area contributed by atoms with Gasteiger partial charge in [-0.2, -0.15) is 0 Å². The number of aryl methyl sites for hydroxylation is 1. The van der Waals surface area contributed by atoms with Gasteiger partial charge in [0.25, 0.3) is 5.91 Å². The van der Waals surface area contributed by atoms with Crippen molar-refractivity contribution in [2.75, 3.05) is 0 Å². The van der Waals surface area contributed by atoms with Crippen LogP contribution in [0.15, 0.2) is 36.7 Å². The molecule has 0 aliphatic heterocycles. The third kappa shape index (κ3) is 2.88. The maximum absolute atomic E-state index is 11.8. The van der Waals surface area contributed by atoms with Gasteiger partial charge in [0.1, 0.15) is 0 Å². The van der Waals surface area contributed by atoms with E-state index in [0.29, 0.717) is 17.1 Å². The predicted octanol–water partition coefficient (Wildman–Crippen LogP) is 2.91. The summed E-state index contributed by atoms with van der Waals surface area (Å²) in [7, 11) is 0. The Morgan fingerprint density at radius 1 is 1.41 bits per heavy atom. The molecule has 4 heteroatoms. The summed E-state index contributed by atoms with van der Waals surface area (Å²) >= 11 is 5.97. The van der Waals surface area contributed by atoms with Crippen molar-refractivity contribution in [2.45, 2.75) is 13.5 Å². The van der Waals surface area contributed by atoms with Gasteiger partial charge < -0.3 is 10.3 Å². The fraction of sp³-hybridized carbons (Fsp3) is 0.154. The van der Waals surface area contributed by atoms with E-state index in [-0.39, 0.29) is 5.91 Å². The van der Waals surface area contributed by atoms with E-state index in [0.717, 1.165) is 11.1 Å². The molecule has 0 radical (unpaired) electrons. The molecule has 0 aliphatic rings. The lowest BCUT2D eigenvalue weighted by Crippen LogP contribution is -2.22. The minimum atomic E-state index is -0.117. The molecule has 2 aromatic rings. The molecule has 17 heavy (non-hydrogen) atoms. The molecule has 0 atom stereocenters. The molecular formula is C13H13ClN2O. The first-order valence-electron chi connectivity index (χ1n) is 5.33. The molecular weight excluding hydrogens is 236 g/mol. The fourth-order valence-electron chi connectivity index (χ4n) is 1.49. The lowest BCUT2D eigenvalue weighted by molar-refractivity contribution is 0.0951. The number of amides is 1. The highest BCUT2D eigenvalue weighted by Crippen LogP contribution is 2.16. The molecule has 1 amide bonds. The van der Waals surface area contributed by atoms with E-state index in [1.165, 1.54) is 0 Å². The molecule has 88 valence electrons. The van der Waals surface area contributed by atoms with Crippen molar-refractivity contribution in [1.82, 2.24) is 10.3 Å². The number of aromatic amines is 1. The summed E-state index contributed by atoms with van der Waals surface area (Å²) in [4.78, 5) is 14.8. The Labute approximate surface area is 105 Å². The van der Waals surface area contributed by atoms with Gasteiger partial charge in [0.15, 0.2) is 0 Å². The number of nitrogens with one attached hydrogen (secondary N) is 2. The summed E-state index contributed by atoms with van der Waals surface area (Å²) in [6.07, 6.45) is 3.67. The largest absolute Gasteiger partial charge is 0.367 e. The molecule has 1 heterocycles. The van der Waals surface area contributed by atoms with Crippen molar-refractivity contribution in [1.29, 1.82) is 0 Å². The van der Waals surface area contributed by atoms with Crippen LogP contribution in [0.4, 0.5) is 0 Å². The number of aromatic nitrogens is 1. The van der Waals surface area contributed by atoms with Crippen molar-refractivity contribution in [3.05, 3.63) is 58.4 Å². The Morgan fingerprint density at radius 3 is 2.88 bits per heavy atom. The van der Waals surface area contributed by atoms with Crippen LogP contribution in [0.25, 0.3) is 0 Å². The first-order chi connectivity index (χ1) is 8.16. The van der Waals surface area contributed by atoms with Crippen LogP contribution in [0.3, 0.4) is 0 Å². The van der Waals surface area contributed by atoms with E-state index in [9.17, 15) is 4.79 Å². The van der Waals surface area contributed by atoms with Gasteiger partial charge >= 0.3 is 0 Å². The average Bonchev–Trinajstić information content (AvgIpc) is 2.82. The smallest absolute Gasteiger partial charge is 0.251 e. The minimum absolute atomic E-state index is 0.117. The summed E-state index contributed by atoms with van der Waals surface area (Å²) in [5.74, 6) is -0.117. The van der Waals surface area contributed by atoms with E-state index < -0.39 is 0 Å². The zero-order valence-corrected chi connectivity index (χ0v) is 10.2.